The number of rotatable bonds is 3. The van der Waals surface area contributed by atoms with Gasteiger partial charge in [0.15, 0.2) is 0 Å². The topological polar surface area (TPSA) is 52.8 Å². The normalized spacial score (nSPS) is 23.4. The Morgan fingerprint density at radius 2 is 1.79 bits per heavy atom. The number of benzene rings is 1. The number of carbonyl (C=O) groups is 1. The average Bonchev–Trinajstić information content (AvgIpc) is 2.59. The van der Waals surface area contributed by atoms with Crippen molar-refractivity contribution in [1.29, 1.82) is 0 Å². The van der Waals surface area contributed by atoms with Crippen molar-refractivity contribution in [3.05, 3.63) is 35.9 Å². The van der Waals surface area contributed by atoms with E-state index in [0.29, 0.717) is 6.42 Å². The SMILES string of the molecule is CN1CCN(C)C2(CCN(C(=O)[C@H](N)Cc3ccccc3)CC2)C1. The number of carbonyl (C=O) groups excluding carboxylic acids is 1. The van der Waals surface area contributed by atoms with Crippen molar-refractivity contribution in [3.63, 3.8) is 0 Å². The standard InChI is InChI=1S/C19H30N4O/c1-21-12-13-22(2)19(15-21)8-10-23(11-9-19)18(24)17(20)14-16-6-4-3-5-7-16/h3-7,17H,8-15,20H2,1-2H3/t17-/m1/s1. The van der Waals surface area contributed by atoms with Crippen LogP contribution in [0.1, 0.15) is 18.4 Å². The largest absolute Gasteiger partial charge is 0.341 e. The Morgan fingerprint density at radius 3 is 2.46 bits per heavy atom. The molecule has 0 saturated carbocycles. The quantitative estimate of drug-likeness (QED) is 0.890. The summed E-state index contributed by atoms with van der Waals surface area (Å²) in [7, 11) is 4.42. The highest BCUT2D eigenvalue weighted by Gasteiger charge is 2.42. The fourth-order valence-electron chi connectivity index (χ4n) is 4.13. The maximum Gasteiger partial charge on any atom is 0.239 e. The zero-order valence-corrected chi connectivity index (χ0v) is 14.9. The lowest BCUT2D eigenvalue weighted by Gasteiger charge is -2.52. The number of piperidine rings is 1. The Kier molecular flexibility index (Phi) is 5.23. The predicted molar refractivity (Wildman–Crippen MR) is 96.8 cm³/mol. The number of piperazine rings is 1. The molecule has 1 aromatic carbocycles. The predicted octanol–water partition coefficient (Wildman–Crippen LogP) is 0.795. The molecule has 24 heavy (non-hydrogen) atoms. The van der Waals surface area contributed by atoms with Crippen LogP contribution in [0.2, 0.25) is 0 Å². The van der Waals surface area contributed by atoms with Gasteiger partial charge in [-0.05, 0) is 38.9 Å². The van der Waals surface area contributed by atoms with Gasteiger partial charge in [0.25, 0.3) is 0 Å². The van der Waals surface area contributed by atoms with Crippen LogP contribution < -0.4 is 5.73 Å². The van der Waals surface area contributed by atoms with Crippen molar-refractivity contribution in [2.45, 2.75) is 30.8 Å². The number of hydrogen-bond donors (Lipinski definition) is 1. The van der Waals surface area contributed by atoms with E-state index < -0.39 is 6.04 Å². The van der Waals surface area contributed by atoms with E-state index in [1.54, 1.807) is 0 Å². The first-order valence-electron chi connectivity index (χ1n) is 8.98. The zero-order chi connectivity index (χ0) is 17.2. The summed E-state index contributed by atoms with van der Waals surface area (Å²) in [6.07, 6.45) is 2.69. The van der Waals surface area contributed by atoms with Crippen LogP contribution in [-0.2, 0) is 11.2 Å². The van der Waals surface area contributed by atoms with Gasteiger partial charge >= 0.3 is 0 Å². The van der Waals surface area contributed by atoms with Gasteiger partial charge in [-0.2, -0.15) is 0 Å². The van der Waals surface area contributed by atoms with E-state index in [1.807, 2.05) is 35.2 Å². The summed E-state index contributed by atoms with van der Waals surface area (Å²) < 4.78 is 0. The second-order valence-corrected chi connectivity index (χ2v) is 7.51. The van der Waals surface area contributed by atoms with E-state index in [9.17, 15) is 4.79 Å². The minimum atomic E-state index is -0.437. The summed E-state index contributed by atoms with van der Waals surface area (Å²) >= 11 is 0. The average molecular weight is 330 g/mol. The zero-order valence-electron chi connectivity index (χ0n) is 14.9. The van der Waals surface area contributed by atoms with Crippen LogP contribution in [0, 0.1) is 0 Å². The number of nitrogens with zero attached hydrogens (tertiary/aromatic N) is 3. The fraction of sp³-hybridized carbons (Fsp3) is 0.632. The molecule has 0 radical (unpaired) electrons. The lowest BCUT2D eigenvalue weighted by atomic mass is 9.83. The fourth-order valence-corrected chi connectivity index (χ4v) is 4.13. The summed E-state index contributed by atoms with van der Waals surface area (Å²) in [5.74, 6) is 0.0977. The van der Waals surface area contributed by atoms with Gasteiger partial charge in [0.1, 0.15) is 0 Å². The molecule has 2 heterocycles. The molecule has 0 aromatic heterocycles. The van der Waals surface area contributed by atoms with E-state index in [0.717, 1.165) is 51.1 Å². The lowest BCUT2D eigenvalue weighted by molar-refractivity contribution is -0.136. The number of likely N-dealkylation sites (N-methyl/N-ethyl adjacent to an activating group) is 2. The Balaban J connectivity index is 1.57. The molecule has 1 spiro atoms. The Labute approximate surface area is 145 Å². The van der Waals surface area contributed by atoms with Crippen LogP contribution in [0.15, 0.2) is 30.3 Å². The Hall–Kier alpha value is -1.43. The van der Waals surface area contributed by atoms with Crippen molar-refractivity contribution in [2.75, 3.05) is 46.8 Å². The van der Waals surface area contributed by atoms with Crippen LogP contribution in [-0.4, -0.2) is 79.0 Å². The molecule has 3 rings (SSSR count). The van der Waals surface area contributed by atoms with E-state index in [-0.39, 0.29) is 11.4 Å². The van der Waals surface area contributed by atoms with Gasteiger partial charge < -0.3 is 15.5 Å². The molecule has 0 bridgehead atoms. The molecule has 2 N–H and O–H groups in total. The van der Waals surface area contributed by atoms with Crippen molar-refractivity contribution < 1.29 is 4.79 Å². The molecule has 1 aromatic rings. The third-order valence-electron chi connectivity index (χ3n) is 5.81. The van der Waals surface area contributed by atoms with Crippen molar-refractivity contribution in [2.24, 2.45) is 5.73 Å². The number of likely N-dealkylation sites (tertiary alicyclic amines) is 1. The molecule has 5 nitrogen and oxygen atoms in total. The van der Waals surface area contributed by atoms with Crippen molar-refractivity contribution in [3.8, 4) is 0 Å². The van der Waals surface area contributed by atoms with E-state index in [2.05, 4.69) is 23.9 Å². The second kappa shape index (κ2) is 7.21. The smallest absolute Gasteiger partial charge is 0.239 e. The molecule has 1 atom stereocenters. The van der Waals surface area contributed by atoms with Crippen LogP contribution >= 0.6 is 0 Å². The van der Waals surface area contributed by atoms with Gasteiger partial charge in [-0.25, -0.2) is 0 Å². The monoisotopic (exact) mass is 330 g/mol. The summed E-state index contributed by atoms with van der Waals surface area (Å²) in [4.78, 5) is 19.6. The van der Waals surface area contributed by atoms with Gasteiger partial charge in [-0.15, -0.1) is 0 Å². The summed E-state index contributed by atoms with van der Waals surface area (Å²) in [6.45, 7) is 4.97. The molecule has 0 aliphatic carbocycles. The molecule has 2 fully saturated rings. The first-order chi connectivity index (χ1) is 11.5. The van der Waals surface area contributed by atoms with Gasteiger partial charge in [0.05, 0.1) is 6.04 Å². The molecule has 2 aliphatic rings. The van der Waals surface area contributed by atoms with E-state index >= 15 is 0 Å². The van der Waals surface area contributed by atoms with Crippen LogP contribution in [0.4, 0.5) is 0 Å². The van der Waals surface area contributed by atoms with E-state index in [4.69, 9.17) is 5.73 Å². The van der Waals surface area contributed by atoms with Crippen molar-refractivity contribution in [1.82, 2.24) is 14.7 Å². The minimum absolute atomic E-state index is 0.0977. The Morgan fingerprint density at radius 1 is 1.12 bits per heavy atom. The molecule has 1 amide bonds. The maximum atomic E-state index is 12.7. The van der Waals surface area contributed by atoms with Gasteiger partial charge in [-0.1, -0.05) is 30.3 Å². The number of amides is 1. The molecule has 2 aliphatic heterocycles. The highest BCUT2D eigenvalue weighted by molar-refractivity contribution is 5.82. The highest BCUT2D eigenvalue weighted by atomic mass is 16.2. The minimum Gasteiger partial charge on any atom is -0.341 e. The maximum absolute atomic E-state index is 12.7. The van der Waals surface area contributed by atoms with Crippen LogP contribution in [0.25, 0.3) is 0 Å². The molecule has 132 valence electrons. The molecular weight excluding hydrogens is 300 g/mol. The molecule has 5 heteroatoms. The lowest BCUT2D eigenvalue weighted by Crippen LogP contribution is -2.64. The summed E-state index contributed by atoms with van der Waals surface area (Å²) in [5, 5.41) is 0. The van der Waals surface area contributed by atoms with Crippen molar-refractivity contribution >= 4 is 5.91 Å². The Bertz CT molecular complexity index is 554. The first-order valence-corrected chi connectivity index (χ1v) is 8.98. The summed E-state index contributed by atoms with van der Waals surface area (Å²) in [5.41, 5.74) is 7.54. The van der Waals surface area contributed by atoms with Crippen LogP contribution in [0.5, 0.6) is 0 Å². The van der Waals surface area contributed by atoms with Crippen LogP contribution in [0.3, 0.4) is 0 Å². The second-order valence-electron chi connectivity index (χ2n) is 7.51. The first kappa shape index (κ1) is 17.4. The third-order valence-corrected chi connectivity index (χ3v) is 5.81. The van der Waals surface area contributed by atoms with Gasteiger partial charge in [0, 0.05) is 38.3 Å². The van der Waals surface area contributed by atoms with Gasteiger partial charge in [-0.3, -0.25) is 9.69 Å². The molecule has 2 saturated heterocycles. The summed E-state index contributed by atoms with van der Waals surface area (Å²) in [6, 6.07) is 9.60. The number of nitrogens with two attached hydrogens (primary N) is 1. The highest BCUT2D eigenvalue weighted by Crippen LogP contribution is 2.31. The molecular formula is C19H30N4O. The molecule has 0 unspecified atom stereocenters. The number of hydrogen-bond acceptors (Lipinski definition) is 4. The third kappa shape index (κ3) is 3.63. The van der Waals surface area contributed by atoms with E-state index in [1.165, 1.54) is 0 Å². The van der Waals surface area contributed by atoms with Gasteiger partial charge in [0.2, 0.25) is 5.91 Å².